The molecule has 2 nitrogen and oxygen atoms in total. The number of hydrogen-bond donors (Lipinski definition) is 1. The van der Waals surface area contributed by atoms with Crippen molar-refractivity contribution >= 4 is 0 Å². The van der Waals surface area contributed by atoms with Crippen molar-refractivity contribution in [1.29, 1.82) is 0 Å². The highest BCUT2D eigenvalue weighted by atomic mass is 19.1. The molecule has 0 aliphatic carbocycles. The molecule has 112 valence electrons. The summed E-state index contributed by atoms with van der Waals surface area (Å²) in [5.41, 5.74) is 1.74. The molecule has 2 rings (SSSR count). The molecule has 4 heteroatoms. The molecular weight excluding hydrogens is 272 g/mol. The van der Waals surface area contributed by atoms with E-state index in [0.717, 1.165) is 0 Å². The molecule has 0 heterocycles. The third kappa shape index (κ3) is 3.39. The molecule has 0 spiro atoms. The van der Waals surface area contributed by atoms with Crippen molar-refractivity contribution < 1.29 is 13.5 Å². The lowest BCUT2D eigenvalue weighted by Gasteiger charge is -2.17. The van der Waals surface area contributed by atoms with Crippen LogP contribution in [-0.2, 0) is 0 Å². The first-order valence-corrected chi connectivity index (χ1v) is 6.83. The van der Waals surface area contributed by atoms with Gasteiger partial charge in [-0.3, -0.25) is 0 Å². The topological polar surface area (TPSA) is 21.3 Å². The summed E-state index contributed by atoms with van der Waals surface area (Å²) in [6.07, 6.45) is 0. The molecule has 0 saturated carbocycles. The third-order valence-corrected chi connectivity index (χ3v) is 3.56. The standard InChI is InChI=1S/C17H19F2NO/c1-10-5-6-13(8-15(10)18)21-17-7-11(2)16(19)9-14(17)12(3)20-4/h5-9,12,20H,1-4H3. The van der Waals surface area contributed by atoms with Gasteiger partial charge in [0.2, 0.25) is 0 Å². The highest BCUT2D eigenvalue weighted by Gasteiger charge is 2.15. The van der Waals surface area contributed by atoms with E-state index in [-0.39, 0.29) is 17.7 Å². The van der Waals surface area contributed by atoms with Gasteiger partial charge in [-0.1, -0.05) is 6.07 Å². The highest BCUT2D eigenvalue weighted by Crippen LogP contribution is 2.32. The van der Waals surface area contributed by atoms with Crippen LogP contribution in [0.15, 0.2) is 30.3 Å². The van der Waals surface area contributed by atoms with E-state index >= 15 is 0 Å². The van der Waals surface area contributed by atoms with Crippen LogP contribution in [0.25, 0.3) is 0 Å². The first kappa shape index (κ1) is 15.4. The van der Waals surface area contributed by atoms with Crippen LogP contribution in [0.2, 0.25) is 0 Å². The second kappa shape index (κ2) is 6.22. The van der Waals surface area contributed by atoms with Gasteiger partial charge in [0.25, 0.3) is 0 Å². The fourth-order valence-electron chi connectivity index (χ4n) is 2.02. The van der Waals surface area contributed by atoms with Gasteiger partial charge in [-0.05, 0) is 57.1 Å². The Morgan fingerprint density at radius 2 is 1.67 bits per heavy atom. The zero-order chi connectivity index (χ0) is 15.6. The second-order valence-electron chi connectivity index (χ2n) is 5.16. The summed E-state index contributed by atoms with van der Waals surface area (Å²) in [6, 6.07) is 7.70. The number of rotatable bonds is 4. The molecule has 21 heavy (non-hydrogen) atoms. The average molecular weight is 291 g/mol. The van der Waals surface area contributed by atoms with Gasteiger partial charge in [0.05, 0.1) is 0 Å². The number of nitrogens with one attached hydrogen (secondary N) is 1. The monoisotopic (exact) mass is 291 g/mol. The van der Waals surface area contributed by atoms with Crippen LogP contribution < -0.4 is 10.1 Å². The van der Waals surface area contributed by atoms with Gasteiger partial charge in [0, 0.05) is 17.7 Å². The van der Waals surface area contributed by atoms with E-state index in [4.69, 9.17) is 4.74 Å². The van der Waals surface area contributed by atoms with E-state index in [1.54, 1.807) is 39.1 Å². The van der Waals surface area contributed by atoms with Crippen molar-refractivity contribution in [3.8, 4) is 11.5 Å². The van der Waals surface area contributed by atoms with Crippen LogP contribution in [0.1, 0.15) is 29.7 Å². The van der Waals surface area contributed by atoms with Gasteiger partial charge in [-0.15, -0.1) is 0 Å². The van der Waals surface area contributed by atoms with Gasteiger partial charge < -0.3 is 10.1 Å². The molecular formula is C17H19F2NO. The Bertz CT molecular complexity index is 655. The van der Waals surface area contributed by atoms with E-state index in [0.29, 0.717) is 28.2 Å². The normalized spacial score (nSPS) is 12.3. The Labute approximate surface area is 123 Å². The van der Waals surface area contributed by atoms with Crippen LogP contribution >= 0.6 is 0 Å². The summed E-state index contributed by atoms with van der Waals surface area (Å²) in [5.74, 6) is 0.316. The van der Waals surface area contributed by atoms with Crippen molar-refractivity contribution in [1.82, 2.24) is 5.32 Å². The lowest BCUT2D eigenvalue weighted by Crippen LogP contribution is -2.13. The van der Waals surface area contributed by atoms with Crippen LogP contribution in [0, 0.1) is 25.5 Å². The van der Waals surface area contributed by atoms with Crippen LogP contribution in [-0.4, -0.2) is 7.05 Å². The first-order valence-electron chi connectivity index (χ1n) is 6.83. The highest BCUT2D eigenvalue weighted by molar-refractivity contribution is 5.43. The van der Waals surface area contributed by atoms with Crippen molar-refractivity contribution in [3.05, 3.63) is 58.7 Å². The second-order valence-corrected chi connectivity index (χ2v) is 5.16. The zero-order valence-electron chi connectivity index (χ0n) is 12.6. The number of aryl methyl sites for hydroxylation is 2. The van der Waals surface area contributed by atoms with E-state index in [1.807, 2.05) is 6.92 Å². The zero-order valence-corrected chi connectivity index (χ0v) is 12.6. The van der Waals surface area contributed by atoms with Crippen LogP contribution in [0.3, 0.4) is 0 Å². The van der Waals surface area contributed by atoms with Crippen molar-refractivity contribution in [3.63, 3.8) is 0 Å². The van der Waals surface area contributed by atoms with Crippen LogP contribution in [0.5, 0.6) is 11.5 Å². The third-order valence-electron chi connectivity index (χ3n) is 3.56. The van der Waals surface area contributed by atoms with Crippen molar-refractivity contribution in [2.75, 3.05) is 7.05 Å². The lowest BCUT2D eigenvalue weighted by atomic mass is 10.0. The molecule has 0 aromatic heterocycles. The smallest absolute Gasteiger partial charge is 0.132 e. The maximum atomic E-state index is 13.8. The Balaban J connectivity index is 2.42. The van der Waals surface area contributed by atoms with Gasteiger partial charge in [0.1, 0.15) is 23.1 Å². The minimum atomic E-state index is -0.324. The predicted molar refractivity (Wildman–Crippen MR) is 79.8 cm³/mol. The van der Waals surface area contributed by atoms with Crippen LogP contribution in [0.4, 0.5) is 8.78 Å². The number of benzene rings is 2. The maximum Gasteiger partial charge on any atom is 0.132 e. The maximum absolute atomic E-state index is 13.8. The van der Waals surface area contributed by atoms with E-state index < -0.39 is 0 Å². The summed E-state index contributed by atoms with van der Waals surface area (Å²) in [5, 5.41) is 3.05. The quantitative estimate of drug-likeness (QED) is 0.885. The molecule has 0 radical (unpaired) electrons. The number of ether oxygens (including phenoxy) is 1. The first-order chi connectivity index (χ1) is 9.92. The molecule has 1 unspecified atom stereocenters. The van der Waals surface area contributed by atoms with Gasteiger partial charge in [-0.2, -0.15) is 0 Å². The Hall–Kier alpha value is -1.94. The Morgan fingerprint density at radius 1 is 1.00 bits per heavy atom. The molecule has 0 fully saturated rings. The molecule has 1 atom stereocenters. The summed E-state index contributed by atoms with van der Waals surface area (Å²) in [6.45, 7) is 5.27. The molecule has 2 aromatic carbocycles. The summed E-state index contributed by atoms with van der Waals surface area (Å²) in [7, 11) is 1.79. The fourth-order valence-corrected chi connectivity index (χ4v) is 2.02. The van der Waals surface area contributed by atoms with Crippen molar-refractivity contribution in [2.24, 2.45) is 0 Å². The summed E-state index contributed by atoms with van der Waals surface area (Å²) in [4.78, 5) is 0. The SMILES string of the molecule is CNC(C)c1cc(F)c(C)cc1Oc1ccc(C)c(F)c1. The molecule has 0 aliphatic heterocycles. The number of halogens is 2. The minimum absolute atomic E-state index is 0.0783. The molecule has 0 aliphatic rings. The molecule has 0 bridgehead atoms. The average Bonchev–Trinajstić information content (AvgIpc) is 2.45. The molecule has 2 aromatic rings. The summed E-state index contributed by atoms with van der Waals surface area (Å²) >= 11 is 0. The Kier molecular flexibility index (Phi) is 4.58. The number of hydrogen-bond acceptors (Lipinski definition) is 2. The van der Waals surface area contributed by atoms with E-state index in [2.05, 4.69) is 5.32 Å². The molecule has 1 N–H and O–H groups in total. The van der Waals surface area contributed by atoms with Gasteiger partial charge in [0.15, 0.2) is 0 Å². The van der Waals surface area contributed by atoms with Gasteiger partial charge in [-0.25, -0.2) is 8.78 Å². The van der Waals surface area contributed by atoms with E-state index in [9.17, 15) is 8.78 Å². The van der Waals surface area contributed by atoms with Crippen molar-refractivity contribution in [2.45, 2.75) is 26.8 Å². The lowest BCUT2D eigenvalue weighted by molar-refractivity contribution is 0.457. The molecule has 0 amide bonds. The summed E-state index contributed by atoms with van der Waals surface area (Å²) < 4.78 is 33.1. The fraction of sp³-hybridized carbons (Fsp3) is 0.294. The predicted octanol–water partition coefficient (Wildman–Crippen LogP) is 4.65. The molecule has 0 saturated heterocycles. The minimum Gasteiger partial charge on any atom is -0.457 e. The van der Waals surface area contributed by atoms with Gasteiger partial charge >= 0.3 is 0 Å². The Morgan fingerprint density at radius 3 is 2.29 bits per heavy atom. The largest absolute Gasteiger partial charge is 0.457 e. The van der Waals surface area contributed by atoms with E-state index in [1.165, 1.54) is 12.1 Å².